The van der Waals surface area contributed by atoms with Crippen LogP contribution in [0.3, 0.4) is 0 Å². The Bertz CT molecular complexity index is 1250. The van der Waals surface area contributed by atoms with Crippen LogP contribution in [-0.2, 0) is 22.7 Å². The van der Waals surface area contributed by atoms with Crippen molar-refractivity contribution >= 4 is 28.9 Å². The first-order valence-corrected chi connectivity index (χ1v) is 13.2. The van der Waals surface area contributed by atoms with Crippen LogP contribution in [0, 0.1) is 17.7 Å². The van der Waals surface area contributed by atoms with Gasteiger partial charge in [0.05, 0.1) is 12.6 Å². The molecule has 3 unspecified atom stereocenters. The summed E-state index contributed by atoms with van der Waals surface area (Å²) in [6, 6.07) is 22.0. The highest BCUT2D eigenvalue weighted by Crippen LogP contribution is 2.40. The maximum absolute atomic E-state index is 13.6. The summed E-state index contributed by atoms with van der Waals surface area (Å²) < 4.78 is 13.6. The average Bonchev–Trinajstić information content (AvgIpc) is 3.19. The van der Waals surface area contributed by atoms with Crippen LogP contribution in [0.2, 0.25) is 0 Å². The van der Waals surface area contributed by atoms with Gasteiger partial charge in [-0.15, -0.1) is 0 Å². The van der Waals surface area contributed by atoms with Crippen molar-refractivity contribution in [1.82, 2.24) is 10.6 Å². The number of fused-ring (bicyclic) bond motifs is 1. The minimum Gasteiger partial charge on any atom is -0.363 e. The standard InChI is InChI=1S/C30H34FN5O2/c1-32-17-28(37)34-24-9-2-20(3-10-24)18-36(26-13-7-23(31)8-14-26)19-21-4-11-25(12-5-21)35-30(38)29-27-15-6-22(27)16-33-29/h2-5,7-14,22,27,29,32-33H,6,15-19H2,1H3,(H,34,37)(H,35,38). The van der Waals surface area contributed by atoms with Gasteiger partial charge in [-0.1, -0.05) is 24.3 Å². The highest BCUT2D eigenvalue weighted by molar-refractivity contribution is 5.95. The maximum Gasteiger partial charge on any atom is 0.241 e. The molecule has 1 saturated heterocycles. The molecule has 0 aromatic heterocycles. The molecule has 8 heteroatoms. The Hall–Kier alpha value is -3.75. The molecular formula is C30H34FN5O2. The van der Waals surface area contributed by atoms with Crippen LogP contribution >= 0.6 is 0 Å². The summed E-state index contributed by atoms with van der Waals surface area (Å²) >= 11 is 0. The third-order valence-electron chi connectivity index (χ3n) is 7.52. The second-order valence-corrected chi connectivity index (χ2v) is 10.2. The van der Waals surface area contributed by atoms with Crippen LogP contribution in [0.5, 0.6) is 0 Å². The number of amides is 2. The predicted octanol–water partition coefficient (Wildman–Crippen LogP) is 4.13. The lowest BCUT2D eigenvalue weighted by molar-refractivity contribution is -0.119. The van der Waals surface area contributed by atoms with Crippen molar-refractivity contribution in [3.05, 3.63) is 89.7 Å². The third kappa shape index (κ3) is 6.20. The molecule has 0 radical (unpaired) electrons. The third-order valence-corrected chi connectivity index (χ3v) is 7.52. The van der Waals surface area contributed by atoms with E-state index in [1.807, 2.05) is 48.5 Å². The Morgan fingerprint density at radius 3 is 2.00 bits per heavy atom. The monoisotopic (exact) mass is 515 g/mol. The lowest BCUT2D eigenvalue weighted by Crippen LogP contribution is -2.42. The van der Waals surface area contributed by atoms with Crippen LogP contribution < -0.4 is 26.2 Å². The van der Waals surface area contributed by atoms with Crippen molar-refractivity contribution in [2.24, 2.45) is 11.8 Å². The zero-order chi connectivity index (χ0) is 26.5. The van der Waals surface area contributed by atoms with Crippen molar-refractivity contribution in [2.75, 3.05) is 35.7 Å². The lowest BCUT2D eigenvalue weighted by Gasteiger charge is -2.32. The van der Waals surface area contributed by atoms with Gasteiger partial charge in [0.25, 0.3) is 0 Å². The highest BCUT2D eigenvalue weighted by Gasteiger charge is 2.45. The van der Waals surface area contributed by atoms with Crippen molar-refractivity contribution < 1.29 is 14.0 Å². The molecular weight excluding hydrogens is 481 g/mol. The summed E-state index contributed by atoms with van der Waals surface area (Å²) in [5.74, 6) is 0.791. The number of nitrogens with zero attached hydrogens (tertiary/aromatic N) is 1. The van der Waals surface area contributed by atoms with Crippen LogP contribution in [-0.4, -0.2) is 38.0 Å². The van der Waals surface area contributed by atoms with Gasteiger partial charge in [0, 0.05) is 30.2 Å². The molecule has 5 rings (SSSR count). The summed E-state index contributed by atoms with van der Waals surface area (Å²) in [6.07, 6.45) is 2.35. The number of carbonyl (C=O) groups excluding carboxylic acids is 2. The van der Waals surface area contributed by atoms with E-state index in [9.17, 15) is 14.0 Å². The molecule has 0 spiro atoms. The molecule has 3 aromatic rings. The van der Waals surface area contributed by atoms with E-state index in [1.165, 1.54) is 18.6 Å². The van der Waals surface area contributed by atoms with E-state index in [-0.39, 0.29) is 30.2 Å². The minimum absolute atomic E-state index is 0.0449. The van der Waals surface area contributed by atoms with Crippen LogP contribution in [0.25, 0.3) is 0 Å². The zero-order valence-corrected chi connectivity index (χ0v) is 21.5. The SMILES string of the molecule is CNCC(=O)Nc1ccc(CN(Cc2ccc(NC(=O)C3NCC4CCC43)cc2)c2ccc(F)cc2)cc1. The van der Waals surface area contributed by atoms with E-state index in [2.05, 4.69) is 26.2 Å². The fourth-order valence-electron chi connectivity index (χ4n) is 5.31. The molecule has 3 aromatic carbocycles. The Labute approximate surface area is 222 Å². The van der Waals surface area contributed by atoms with E-state index in [1.54, 1.807) is 19.2 Å². The Balaban J connectivity index is 1.24. The second kappa shape index (κ2) is 11.8. The van der Waals surface area contributed by atoms with Crippen LogP contribution in [0.15, 0.2) is 72.8 Å². The molecule has 1 aliphatic heterocycles. The Kier molecular flexibility index (Phi) is 8.00. The van der Waals surface area contributed by atoms with Gasteiger partial charge in [-0.05, 0) is 97.9 Å². The van der Waals surface area contributed by atoms with Crippen molar-refractivity contribution in [1.29, 1.82) is 0 Å². The molecule has 0 bridgehead atoms. The minimum atomic E-state index is -0.277. The van der Waals surface area contributed by atoms with Gasteiger partial charge >= 0.3 is 0 Å². The van der Waals surface area contributed by atoms with Gasteiger partial charge in [-0.3, -0.25) is 9.59 Å². The topological polar surface area (TPSA) is 85.5 Å². The van der Waals surface area contributed by atoms with E-state index < -0.39 is 0 Å². The number of nitrogens with one attached hydrogen (secondary N) is 4. The van der Waals surface area contributed by atoms with Gasteiger partial charge in [0.2, 0.25) is 11.8 Å². The summed E-state index contributed by atoms with van der Waals surface area (Å²) in [5.41, 5.74) is 4.55. The van der Waals surface area contributed by atoms with Gasteiger partial charge < -0.3 is 26.2 Å². The number of halogens is 1. The molecule has 1 saturated carbocycles. The molecule has 7 nitrogen and oxygen atoms in total. The molecule has 4 N–H and O–H groups in total. The molecule has 2 aliphatic rings. The number of benzene rings is 3. The van der Waals surface area contributed by atoms with Crippen molar-refractivity contribution in [3.63, 3.8) is 0 Å². The number of hydrogen-bond acceptors (Lipinski definition) is 5. The quantitative estimate of drug-likeness (QED) is 0.326. The lowest BCUT2D eigenvalue weighted by atomic mass is 9.73. The second-order valence-electron chi connectivity index (χ2n) is 10.2. The highest BCUT2D eigenvalue weighted by atomic mass is 19.1. The normalized spacial score (nSPS) is 19.8. The first-order valence-electron chi connectivity index (χ1n) is 13.2. The molecule has 1 heterocycles. The van der Waals surface area contributed by atoms with Gasteiger partial charge in [-0.2, -0.15) is 0 Å². The summed E-state index contributed by atoms with van der Waals surface area (Å²) in [7, 11) is 1.73. The summed E-state index contributed by atoms with van der Waals surface area (Å²) in [5, 5.41) is 12.1. The molecule has 38 heavy (non-hydrogen) atoms. The maximum atomic E-state index is 13.6. The fraction of sp³-hybridized carbons (Fsp3) is 0.333. The molecule has 198 valence electrons. The van der Waals surface area contributed by atoms with E-state index in [4.69, 9.17) is 0 Å². The summed E-state index contributed by atoms with van der Waals surface area (Å²) in [6.45, 7) is 2.40. The predicted molar refractivity (Wildman–Crippen MR) is 148 cm³/mol. The summed E-state index contributed by atoms with van der Waals surface area (Å²) in [4.78, 5) is 26.8. The largest absolute Gasteiger partial charge is 0.363 e. The van der Waals surface area contributed by atoms with Gasteiger partial charge in [0.1, 0.15) is 5.82 Å². The van der Waals surface area contributed by atoms with Crippen LogP contribution in [0.1, 0.15) is 24.0 Å². The number of hydrogen-bond donors (Lipinski definition) is 4. The number of anilines is 3. The molecule has 2 amide bonds. The number of carbonyl (C=O) groups is 2. The van der Waals surface area contributed by atoms with E-state index in [0.717, 1.165) is 41.2 Å². The Morgan fingerprint density at radius 2 is 1.47 bits per heavy atom. The van der Waals surface area contributed by atoms with E-state index >= 15 is 0 Å². The number of rotatable bonds is 10. The fourth-order valence-corrected chi connectivity index (χ4v) is 5.31. The van der Waals surface area contributed by atoms with Crippen LogP contribution in [0.4, 0.5) is 21.5 Å². The van der Waals surface area contributed by atoms with Gasteiger partial charge in [0.15, 0.2) is 0 Å². The molecule has 1 aliphatic carbocycles. The van der Waals surface area contributed by atoms with E-state index in [0.29, 0.717) is 24.9 Å². The number of likely N-dealkylation sites (N-methyl/N-ethyl adjacent to an activating group) is 1. The smallest absolute Gasteiger partial charge is 0.241 e. The zero-order valence-electron chi connectivity index (χ0n) is 21.5. The van der Waals surface area contributed by atoms with Crippen molar-refractivity contribution in [2.45, 2.75) is 32.0 Å². The van der Waals surface area contributed by atoms with Gasteiger partial charge in [-0.25, -0.2) is 4.39 Å². The first-order chi connectivity index (χ1) is 18.5. The first kappa shape index (κ1) is 25.9. The molecule has 3 atom stereocenters. The molecule has 2 fully saturated rings. The van der Waals surface area contributed by atoms with Crippen molar-refractivity contribution in [3.8, 4) is 0 Å². The Morgan fingerprint density at radius 1 is 0.868 bits per heavy atom. The average molecular weight is 516 g/mol.